The third kappa shape index (κ3) is 5.20. The number of alkyl halides is 3. The molecule has 0 aliphatic rings. The molecule has 0 spiro atoms. The minimum atomic E-state index is -4.44. The van der Waals surface area contributed by atoms with Crippen molar-refractivity contribution < 1.29 is 22.9 Å². The fraction of sp³-hybridized carbons (Fsp3) is 0.238. The predicted octanol–water partition coefficient (Wildman–Crippen LogP) is 3.63. The van der Waals surface area contributed by atoms with E-state index in [1.807, 2.05) is 0 Å². The van der Waals surface area contributed by atoms with E-state index in [0.717, 1.165) is 12.1 Å². The van der Waals surface area contributed by atoms with Crippen LogP contribution >= 0.6 is 0 Å². The van der Waals surface area contributed by atoms with Crippen LogP contribution in [0.4, 0.5) is 24.5 Å². The number of halogens is 3. The van der Waals surface area contributed by atoms with E-state index < -0.39 is 22.6 Å². The molecule has 0 atom stereocenters. The zero-order valence-electron chi connectivity index (χ0n) is 18.5. The number of nitro groups is 1. The van der Waals surface area contributed by atoms with Gasteiger partial charge in [0.05, 0.1) is 28.9 Å². The Morgan fingerprint density at radius 2 is 1.94 bits per heavy atom. The molecule has 0 radical (unpaired) electrons. The van der Waals surface area contributed by atoms with Crippen molar-refractivity contribution in [1.29, 1.82) is 0 Å². The average molecular weight is 488 g/mol. The van der Waals surface area contributed by atoms with Crippen molar-refractivity contribution in [2.75, 3.05) is 5.32 Å². The molecule has 4 rings (SSSR count). The Morgan fingerprint density at radius 3 is 2.63 bits per heavy atom. The molecule has 1 amide bonds. The monoisotopic (exact) mass is 488 g/mol. The zero-order chi connectivity index (χ0) is 25.3. The Balaban J connectivity index is 1.40. The summed E-state index contributed by atoms with van der Waals surface area (Å²) in [5.74, 6) is -0.526. The smallest absolute Gasteiger partial charge is 0.318 e. The number of carbonyl (C=O) groups excluding carboxylic acids is 1. The Bertz CT molecular complexity index is 1400. The van der Waals surface area contributed by atoms with Gasteiger partial charge in [0.1, 0.15) is 18.1 Å². The van der Waals surface area contributed by atoms with E-state index in [1.54, 1.807) is 13.0 Å². The Hall–Kier alpha value is -4.49. The van der Waals surface area contributed by atoms with Crippen molar-refractivity contribution in [3.63, 3.8) is 0 Å². The molecule has 182 valence electrons. The molecular formula is C21H19F3N8O3. The highest BCUT2D eigenvalue weighted by atomic mass is 19.4. The third-order valence-corrected chi connectivity index (χ3v) is 5.17. The number of amides is 1. The van der Waals surface area contributed by atoms with Gasteiger partial charge in [-0.25, -0.2) is 4.68 Å². The molecule has 0 fully saturated rings. The van der Waals surface area contributed by atoms with Gasteiger partial charge in [0.2, 0.25) is 0 Å². The molecule has 0 aliphatic carbocycles. The molecule has 0 bridgehead atoms. The van der Waals surface area contributed by atoms with Crippen molar-refractivity contribution in [3.05, 3.63) is 87.2 Å². The lowest BCUT2D eigenvalue weighted by atomic mass is 10.1. The van der Waals surface area contributed by atoms with E-state index in [1.165, 1.54) is 51.7 Å². The normalized spacial score (nSPS) is 11.6. The molecule has 35 heavy (non-hydrogen) atoms. The molecule has 0 unspecified atom stereocenters. The summed E-state index contributed by atoms with van der Waals surface area (Å²) in [5, 5.41) is 26.2. The second-order valence-corrected chi connectivity index (χ2v) is 7.74. The average Bonchev–Trinajstić information content (AvgIpc) is 3.48. The summed E-state index contributed by atoms with van der Waals surface area (Å²) in [6.07, 6.45) is -0.0394. The van der Waals surface area contributed by atoms with Gasteiger partial charge in [-0.1, -0.05) is 12.1 Å². The summed E-state index contributed by atoms with van der Waals surface area (Å²) in [6.45, 7) is 3.27. The Kier molecular flexibility index (Phi) is 6.11. The molecule has 4 aromatic rings. The molecule has 1 aromatic carbocycles. The number of hydrogen-bond acceptors (Lipinski definition) is 6. The van der Waals surface area contributed by atoms with Gasteiger partial charge in [0, 0.05) is 12.4 Å². The highest BCUT2D eigenvalue weighted by molar-refractivity contribution is 6.02. The number of anilines is 1. The number of aryl methyl sites for hydroxylation is 1. The number of hydrogen-bond donors (Lipinski definition) is 1. The van der Waals surface area contributed by atoms with Gasteiger partial charge >= 0.3 is 11.9 Å². The maximum atomic E-state index is 12.9. The second-order valence-electron chi connectivity index (χ2n) is 7.74. The number of rotatable bonds is 7. The summed E-state index contributed by atoms with van der Waals surface area (Å²) < 4.78 is 42.9. The van der Waals surface area contributed by atoms with Crippen molar-refractivity contribution in [1.82, 2.24) is 29.3 Å². The summed E-state index contributed by atoms with van der Waals surface area (Å²) in [6, 6.07) is 6.39. The lowest BCUT2D eigenvalue weighted by Crippen LogP contribution is -2.15. The van der Waals surface area contributed by atoms with Crippen LogP contribution in [0.5, 0.6) is 0 Å². The summed E-state index contributed by atoms with van der Waals surface area (Å²) in [7, 11) is 0. The van der Waals surface area contributed by atoms with Gasteiger partial charge in [0.15, 0.2) is 5.69 Å². The third-order valence-electron chi connectivity index (χ3n) is 5.17. The predicted molar refractivity (Wildman–Crippen MR) is 117 cm³/mol. The van der Waals surface area contributed by atoms with E-state index in [0.29, 0.717) is 16.9 Å². The lowest BCUT2D eigenvalue weighted by Gasteiger charge is -2.08. The first-order valence-electron chi connectivity index (χ1n) is 10.2. The highest BCUT2D eigenvalue weighted by Gasteiger charge is 2.30. The maximum absolute atomic E-state index is 12.9. The van der Waals surface area contributed by atoms with E-state index in [2.05, 4.69) is 20.6 Å². The fourth-order valence-electron chi connectivity index (χ4n) is 3.53. The quantitative estimate of drug-likeness (QED) is 0.313. The van der Waals surface area contributed by atoms with Gasteiger partial charge in [0.25, 0.3) is 5.91 Å². The van der Waals surface area contributed by atoms with Crippen molar-refractivity contribution in [2.45, 2.75) is 33.2 Å². The first-order chi connectivity index (χ1) is 16.5. The number of carbonyl (C=O) groups is 1. The van der Waals surface area contributed by atoms with Crippen LogP contribution in [0, 0.1) is 24.0 Å². The van der Waals surface area contributed by atoms with Gasteiger partial charge < -0.3 is 5.32 Å². The Labute approximate surface area is 195 Å². The molecule has 0 saturated carbocycles. The minimum Gasteiger partial charge on any atom is -0.318 e. The SMILES string of the molecule is Cc1nn(Cn2ccc(C(=O)Nc3cnn(Cc4cccc(C(F)(F)F)c4)c3)n2)c(C)c1[N+](=O)[O-]. The van der Waals surface area contributed by atoms with Crippen LogP contribution in [0.2, 0.25) is 0 Å². The number of aromatic nitrogens is 6. The lowest BCUT2D eigenvalue weighted by molar-refractivity contribution is -0.386. The summed E-state index contributed by atoms with van der Waals surface area (Å²) >= 11 is 0. The van der Waals surface area contributed by atoms with Crippen LogP contribution in [0.3, 0.4) is 0 Å². The number of nitrogens with one attached hydrogen (secondary N) is 1. The first-order valence-corrected chi connectivity index (χ1v) is 10.2. The zero-order valence-corrected chi connectivity index (χ0v) is 18.5. The molecule has 11 nitrogen and oxygen atoms in total. The second kappa shape index (κ2) is 9.04. The van der Waals surface area contributed by atoms with Crippen LogP contribution in [0.1, 0.15) is 33.0 Å². The number of benzene rings is 1. The van der Waals surface area contributed by atoms with Gasteiger partial charge in [-0.15, -0.1) is 0 Å². The topological polar surface area (TPSA) is 126 Å². The fourth-order valence-corrected chi connectivity index (χ4v) is 3.53. The van der Waals surface area contributed by atoms with Crippen molar-refractivity contribution >= 4 is 17.3 Å². The number of nitrogens with zero attached hydrogens (tertiary/aromatic N) is 7. The van der Waals surface area contributed by atoms with Crippen LogP contribution in [-0.4, -0.2) is 40.2 Å². The van der Waals surface area contributed by atoms with Crippen LogP contribution < -0.4 is 5.32 Å². The summed E-state index contributed by atoms with van der Waals surface area (Å²) in [4.78, 5) is 23.2. The molecule has 1 N–H and O–H groups in total. The van der Waals surface area contributed by atoms with Crippen molar-refractivity contribution in [3.8, 4) is 0 Å². The molecular weight excluding hydrogens is 469 g/mol. The van der Waals surface area contributed by atoms with Gasteiger partial charge in [-0.2, -0.15) is 28.5 Å². The maximum Gasteiger partial charge on any atom is 0.416 e. The van der Waals surface area contributed by atoms with E-state index in [-0.39, 0.29) is 30.3 Å². The van der Waals surface area contributed by atoms with E-state index in [9.17, 15) is 28.1 Å². The van der Waals surface area contributed by atoms with Crippen LogP contribution in [0.15, 0.2) is 48.9 Å². The minimum absolute atomic E-state index is 0.0720. The Morgan fingerprint density at radius 1 is 1.17 bits per heavy atom. The van der Waals surface area contributed by atoms with Gasteiger partial charge in [-0.05, 0) is 37.6 Å². The highest BCUT2D eigenvalue weighted by Crippen LogP contribution is 2.29. The van der Waals surface area contributed by atoms with Gasteiger partial charge in [-0.3, -0.25) is 24.3 Å². The van der Waals surface area contributed by atoms with Crippen LogP contribution in [-0.2, 0) is 19.4 Å². The molecule has 3 heterocycles. The van der Waals surface area contributed by atoms with E-state index in [4.69, 9.17) is 0 Å². The molecule has 0 aliphatic heterocycles. The summed E-state index contributed by atoms with van der Waals surface area (Å²) in [5.41, 5.74) is 0.654. The largest absolute Gasteiger partial charge is 0.416 e. The van der Waals surface area contributed by atoms with Crippen molar-refractivity contribution in [2.24, 2.45) is 0 Å². The molecule has 3 aromatic heterocycles. The first kappa shape index (κ1) is 23.7. The molecule has 14 heteroatoms. The standard InChI is InChI=1S/C21H19F3N8O3/c1-13-19(32(34)35)14(2)31(27-13)12-29-7-6-18(28-29)20(33)26-17-9-25-30(11-17)10-15-4-3-5-16(8-15)21(22,23)24/h3-9,11H,10,12H2,1-2H3,(H,26,33). The van der Waals surface area contributed by atoms with E-state index >= 15 is 0 Å². The van der Waals surface area contributed by atoms with Crippen LogP contribution in [0.25, 0.3) is 0 Å². The molecule has 0 saturated heterocycles.